The number of carbonyl (C=O) groups is 1. The first-order chi connectivity index (χ1) is 12.1. The topological polar surface area (TPSA) is 59.9 Å². The molecule has 0 saturated carbocycles. The zero-order chi connectivity index (χ0) is 18.1. The number of hydrogen-bond donors (Lipinski definition) is 1. The molecule has 2 rings (SSSR count). The summed E-state index contributed by atoms with van der Waals surface area (Å²) in [6.07, 6.45) is 1.93. The molecule has 132 valence electrons. The van der Waals surface area contributed by atoms with E-state index in [1.54, 1.807) is 44.3 Å². The number of nitrogens with zero attached hydrogens (tertiary/aromatic N) is 1. The van der Waals surface area contributed by atoms with Gasteiger partial charge in [-0.3, -0.25) is 4.79 Å². The van der Waals surface area contributed by atoms with Crippen molar-refractivity contribution in [1.82, 2.24) is 5.43 Å². The number of halogens is 1. The fourth-order valence-electron chi connectivity index (χ4n) is 1.96. The van der Waals surface area contributed by atoms with Crippen LogP contribution in [-0.4, -0.2) is 32.1 Å². The van der Waals surface area contributed by atoms with Gasteiger partial charge in [0.15, 0.2) is 11.5 Å². The van der Waals surface area contributed by atoms with Crippen molar-refractivity contribution in [3.8, 4) is 11.5 Å². The summed E-state index contributed by atoms with van der Waals surface area (Å²) in [5.74, 6) is 1.78. The molecule has 0 radical (unpaired) electrons. The van der Waals surface area contributed by atoms with Crippen LogP contribution in [0.4, 0.5) is 0 Å². The van der Waals surface area contributed by atoms with Gasteiger partial charge in [0.2, 0.25) is 5.91 Å². The van der Waals surface area contributed by atoms with Gasteiger partial charge < -0.3 is 9.47 Å². The van der Waals surface area contributed by atoms with Crippen LogP contribution < -0.4 is 14.9 Å². The van der Waals surface area contributed by atoms with Gasteiger partial charge in [0.05, 0.1) is 20.4 Å². The molecule has 25 heavy (non-hydrogen) atoms. The maximum atomic E-state index is 11.8. The number of hydrazone groups is 1. The van der Waals surface area contributed by atoms with Gasteiger partial charge in [-0.25, -0.2) is 5.43 Å². The molecular formula is C18H19ClN2O3S. The highest BCUT2D eigenvalue weighted by molar-refractivity contribution is 7.99. The molecule has 0 aliphatic heterocycles. The molecule has 0 unspecified atom stereocenters. The molecule has 0 spiro atoms. The van der Waals surface area contributed by atoms with Crippen LogP contribution in [0.2, 0.25) is 5.02 Å². The predicted octanol–water partition coefficient (Wildman–Crippen LogP) is 3.99. The number of methoxy groups -OCH3 is 2. The van der Waals surface area contributed by atoms with E-state index >= 15 is 0 Å². The zero-order valence-electron chi connectivity index (χ0n) is 14.0. The van der Waals surface area contributed by atoms with Crippen molar-refractivity contribution < 1.29 is 14.3 Å². The molecule has 0 bridgehead atoms. The van der Waals surface area contributed by atoms with Crippen LogP contribution in [0.3, 0.4) is 0 Å². The highest BCUT2D eigenvalue weighted by Gasteiger charge is 2.04. The Morgan fingerprint density at radius 3 is 2.56 bits per heavy atom. The van der Waals surface area contributed by atoms with Crippen molar-refractivity contribution in [2.75, 3.05) is 20.0 Å². The Bertz CT molecular complexity index is 736. The van der Waals surface area contributed by atoms with E-state index in [1.807, 2.05) is 30.3 Å². The fraction of sp³-hybridized carbons (Fsp3) is 0.222. The van der Waals surface area contributed by atoms with E-state index < -0.39 is 0 Å². The quantitative estimate of drug-likeness (QED) is 0.428. The average Bonchev–Trinajstić information content (AvgIpc) is 2.63. The predicted molar refractivity (Wildman–Crippen MR) is 102 cm³/mol. The van der Waals surface area contributed by atoms with Gasteiger partial charge in [-0.05, 0) is 48.0 Å². The van der Waals surface area contributed by atoms with Crippen molar-refractivity contribution in [2.45, 2.75) is 11.3 Å². The minimum atomic E-state index is -0.141. The molecule has 0 aliphatic rings. The maximum Gasteiger partial charge on any atom is 0.240 e. The van der Waals surface area contributed by atoms with Crippen molar-refractivity contribution in [2.24, 2.45) is 5.10 Å². The minimum Gasteiger partial charge on any atom is -0.493 e. The summed E-state index contributed by atoms with van der Waals surface area (Å²) in [6.45, 7) is 0. The molecule has 5 nitrogen and oxygen atoms in total. The summed E-state index contributed by atoms with van der Waals surface area (Å²) in [7, 11) is 3.15. The number of nitrogens with one attached hydrogen (secondary N) is 1. The second-order valence-corrected chi connectivity index (χ2v) is 6.56. The van der Waals surface area contributed by atoms with E-state index in [1.165, 1.54) is 0 Å². The normalized spacial score (nSPS) is 10.7. The summed E-state index contributed by atoms with van der Waals surface area (Å²) in [5, 5.41) is 4.66. The Morgan fingerprint density at radius 2 is 1.88 bits per heavy atom. The standard InChI is InChI=1S/C18H19ClN2O3S/c1-23-16-8-3-13(11-17(16)24-2)12-20-21-18(22)9-10-25-15-6-4-14(19)5-7-15/h3-8,11-12H,9-10H2,1-2H3,(H,21,22)/b20-12-. The van der Waals surface area contributed by atoms with Crippen LogP contribution in [0.5, 0.6) is 11.5 Å². The molecule has 1 amide bonds. The van der Waals surface area contributed by atoms with Gasteiger partial charge in [0.1, 0.15) is 0 Å². The number of benzene rings is 2. The van der Waals surface area contributed by atoms with Gasteiger partial charge in [-0.1, -0.05) is 11.6 Å². The van der Waals surface area contributed by atoms with Crippen LogP contribution in [0.15, 0.2) is 52.5 Å². The number of thioether (sulfide) groups is 1. The van der Waals surface area contributed by atoms with Crippen molar-refractivity contribution in [3.05, 3.63) is 53.1 Å². The first kappa shape index (κ1) is 19.1. The van der Waals surface area contributed by atoms with E-state index in [2.05, 4.69) is 10.5 Å². The molecule has 1 N–H and O–H groups in total. The molecule has 2 aromatic carbocycles. The number of rotatable bonds is 8. The Morgan fingerprint density at radius 1 is 1.16 bits per heavy atom. The Balaban J connectivity index is 1.77. The van der Waals surface area contributed by atoms with Crippen molar-refractivity contribution in [1.29, 1.82) is 0 Å². The lowest BCUT2D eigenvalue weighted by Crippen LogP contribution is -2.17. The fourth-order valence-corrected chi connectivity index (χ4v) is 2.94. The molecular weight excluding hydrogens is 360 g/mol. The number of ether oxygens (including phenoxy) is 2. The van der Waals surface area contributed by atoms with E-state index in [4.69, 9.17) is 21.1 Å². The van der Waals surface area contributed by atoms with Crippen LogP contribution in [0.25, 0.3) is 0 Å². The monoisotopic (exact) mass is 378 g/mol. The summed E-state index contributed by atoms with van der Waals surface area (Å²) in [5.41, 5.74) is 3.32. The van der Waals surface area contributed by atoms with E-state index in [0.29, 0.717) is 28.7 Å². The molecule has 0 atom stereocenters. The van der Waals surface area contributed by atoms with Crippen molar-refractivity contribution >= 4 is 35.5 Å². The van der Waals surface area contributed by atoms with Crippen LogP contribution in [0.1, 0.15) is 12.0 Å². The largest absolute Gasteiger partial charge is 0.493 e. The minimum absolute atomic E-state index is 0.141. The van der Waals surface area contributed by atoms with Crippen LogP contribution >= 0.6 is 23.4 Å². The summed E-state index contributed by atoms with van der Waals surface area (Å²) in [6, 6.07) is 12.9. The molecule has 0 fully saturated rings. The average molecular weight is 379 g/mol. The Labute approximate surface area is 156 Å². The smallest absolute Gasteiger partial charge is 0.240 e. The second-order valence-electron chi connectivity index (χ2n) is 4.96. The van der Waals surface area contributed by atoms with Crippen LogP contribution in [0, 0.1) is 0 Å². The third-order valence-electron chi connectivity index (χ3n) is 3.22. The number of carbonyl (C=O) groups excluding carboxylic acids is 1. The molecule has 0 aliphatic carbocycles. The van der Waals surface area contributed by atoms with Gasteiger partial charge >= 0.3 is 0 Å². The summed E-state index contributed by atoms with van der Waals surface area (Å²) >= 11 is 7.43. The highest BCUT2D eigenvalue weighted by Crippen LogP contribution is 2.26. The highest BCUT2D eigenvalue weighted by atomic mass is 35.5. The number of amides is 1. The first-order valence-electron chi connectivity index (χ1n) is 7.54. The molecule has 0 saturated heterocycles. The molecule has 2 aromatic rings. The van der Waals surface area contributed by atoms with E-state index in [9.17, 15) is 4.79 Å². The lowest BCUT2D eigenvalue weighted by molar-refractivity contribution is -0.120. The second kappa shape index (κ2) is 9.96. The summed E-state index contributed by atoms with van der Waals surface area (Å²) in [4.78, 5) is 12.9. The van der Waals surface area contributed by atoms with Crippen molar-refractivity contribution in [3.63, 3.8) is 0 Å². The lowest BCUT2D eigenvalue weighted by atomic mass is 10.2. The van der Waals surface area contributed by atoms with Gasteiger partial charge in [0.25, 0.3) is 0 Å². The Hall–Kier alpha value is -2.18. The third-order valence-corrected chi connectivity index (χ3v) is 4.49. The molecule has 0 aromatic heterocycles. The first-order valence-corrected chi connectivity index (χ1v) is 8.91. The number of hydrogen-bond acceptors (Lipinski definition) is 5. The van der Waals surface area contributed by atoms with E-state index in [0.717, 1.165) is 10.5 Å². The SMILES string of the molecule is COc1ccc(/C=N\NC(=O)CCSc2ccc(Cl)cc2)cc1OC. The van der Waals surface area contributed by atoms with Gasteiger partial charge in [0, 0.05) is 22.1 Å². The van der Waals surface area contributed by atoms with Gasteiger partial charge in [-0.15, -0.1) is 11.8 Å². The zero-order valence-corrected chi connectivity index (χ0v) is 15.6. The third kappa shape index (κ3) is 6.32. The molecule has 0 heterocycles. The maximum absolute atomic E-state index is 11.8. The Kier molecular flexibility index (Phi) is 7.63. The van der Waals surface area contributed by atoms with E-state index in [-0.39, 0.29) is 5.91 Å². The van der Waals surface area contributed by atoms with Crippen LogP contribution in [-0.2, 0) is 4.79 Å². The summed E-state index contributed by atoms with van der Waals surface area (Å²) < 4.78 is 10.4. The lowest BCUT2D eigenvalue weighted by Gasteiger charge is -2.07. The molecule has 7 heteroatoms. The van der Waals surface area contributed by atoms with Gasteiger partial charge in [-0.2, -0.15) is 5.10 Å².